The van der Waals surface area contributed by atoms with Crippen molar-refractivity contribution < 1.29 is 18.4 Å². The van der Waals surface area contributed by atoms with Crippen LogP contribution in [0.2, 0.25) is 0 Å². The maximum absolute atomic E-state index is 14.3. The summed E-state index contributed by atoms with van der Waals surface area (Å²) in [4.78, 5) is 31.8. The molecule has 0 saturated carbocycles. The van der Waals surface area contributed by atoms with Gasteiger partial charge < -0.3 is 4.84 Å². The van der Waals surface area contributed by atoms with Gasteiger partial charge in [0.25, 0.3) is 0 Å². The van der Waals surface area contributed by atoms with E-state index in [0.29, 0.717) is 23.4 Å². The Bertz CT molecular complexity index is 1470. The summed E-state index contributed by atoms with van der Waals surface area (Å²) in [5.41, 5.74) is 5.18. The van der Waals surface area contributed by atoms with E-state index in [4.69, 9.17) is 4.84 Å². The van der Waals surface area contributed by atoms with Gasteiger partial charge in [0, 0.05) is 53.9 Å². The first kappa shape index (κ1) is 24.4. The second-order valence-corrected chi connectivity index (χ2v) is 9.16. The lowest BCUT2D eigenvalue weighted by Gasteiger charge is -2.13. The van der Waals surface area contributed by atoms with E-state index in [1.807, 2.05) is 43.3 Å². The van der Waals surface area contributed by atoms with Crippen molar-refractivity contribution in [1.29, 1.82) is 0 Å². The number of carbonyl (C=O) groups excluding carboxylic acids is 1. The zero-order chi connectivity index (χ0) is 25.9. The van der Waals surface area contributed by atoms with Gasteiger partial charge in [0.2, 0.25) is 0 Å². The molecular weight excluding hydrogens is 474 g/mol. The number of hydrogen-bond donors (Lipinski definition) is 0. The molecule has 4 heterocycles. The average Bonchev–Trinajstić information content (AvgIpc) is 3.40. The Kier molecular flexibility index (Phi) is 6.81. The molecule has 186 valence electrons. The van der Waals surface area contributed by atoms with Gasteiger partial charge in [0.1, 0.15) is 11.6 Å². The molecule has 3 aromatic heterocycles. The van der Waals surface area contributed by atoms with E-state index in [1.165, 1.54) is 0 Å². The Morgan fingerprint density at radius 1 is 1.03 bits per heavy atom. The van der Waals surface area contributed by atoms with E-state index in [0.717, 1.165) is 34.6 Å². The van der Waals surface area contributed by atoms with Gasteiger partial charge in [-0.1, -0.05) is 24.2 Å². The Morgan fingerprint density at radius 2 is 1.86 bits per heavy atom. The molecule has 5 rings (SSSR count). The van der Waals surface area contributed by atoms with Gasteiger partial charge in [0.05, 0.1) is 29.0 Å². The molecule has 0 radical (unpaired) electrons. The highest BCUT2D eigenvalue weighted by Gasteiger charge is 2.26. The quantitative estimate of drug-likeness (QED) is 0.277. The highest BCUT2D eigenvalue weighted by atomic mass is 19.1. The molecule has 1 aromatic carbocycles. The zero-order valence-electron chi connectivity index (χ0n) is 20.4. The number of aryl methyl sites for hydroxylation is 1. The summed E-state index contributed by atoms with van der Waals surface area (Å²) in [7, 11) is 0. The molecule has 0 spiro atoms. The molecule has 1 aliphatic heterocycles. The van der Waals surface area contributed by atoms with Crippen LogP contribution in [0.4, 0.5) is 8.78 Å². The van der Waals surface area contributed by atoms with E-state index in [-0.39, 0.29) is 24.0 Å². The van der Waals surface area contributed by atoms with Gasteiger partial charge in [-0.2, -0.15) is 0 Å². The lowest BCUT2D eigenvalue weighted by molar-refractivity contribution is 0.0826. The third kappa shape index (κ3) is 5.43. The zero-order valence-corrected chi connectivity index (χ0v) is 20.4. The Labute approximate surface area is 213 Å². The minimum atomic E-state index is -0.767. The van der Waals surface area contributed by atoms with Gasteiger partial charge >= 0.3 is 0 Å². The highest BCUT2D eigenvalue weighted by molar-refractivity contribution is 6.05. The molecule has 0 N–H and O–H groups in total. The van der Waals surface area contributed by atoms with Crippen LogP contribution in [0.15, 0.2) is 78.3 Å². The van der Waals surface area contributed by atoms with E-state index in [2.05, 4.69) is 20.1 Å². The van der Waals surface area contributed by atoms with E-state index in [9.17, 15) is 13.6 Å². The minimum absolute atomic E-state index is 0.000686. The molecule has 6 nitrogen and oxygen atoms in total. The van der Waals surface area contributed by atoms with Crippen LogP contribution in [0.5, 0.6) is 0 Å². The SMILES string of the molecule is Cc1ccc(-c2cc(C(=O)C[C@H](C)c3ncc(F)cc3F)cc(C3=NO[C@H](c4ccccn4)C3)c2)nc1. The van der Waals surface area contributed by atoms with Crippen molar-refractivity contribution >= 4 is 11.5 Å². The molecule has 37 heavy (non-hydrogen) atoms. The summed E-state index contributed by atoms with van der Waals surface area (Å²) >= 11 is 0. The van der Waals surface area contributed by atoms with Crippen LogP contribution < -0.4 is 0 Å². The number of hydrogen-bond acceptors (Lipinski definition) is 6. The van der Waals surface area contributed by atoms with E-state index in [1.54, 1.807) is 31.5 Å². The van der Waals surface area contributed by atoms with Crippen molar-refractivity contribution in [2.45, 2.75) is 38.7 Å². The molecule has 1 aliphatic rings. The molecule has 0 bridgehead atoms. The number of ketones is 1. The molecular formula is C29H24F2N4O2. The lowest BCUT2D eigenvalue weighted by atomic mass is 9.92. The van der Waals surface area contributed by atoms with Crippen LogP contribution in [0.25, 0.3) is 11.3 Å². The van der Waals surface area contributed by atoms with Crippen LogP contribution in [0, 0.1) is 18.6 Å². The fourth-order valence-corrected chi connectivity index (χ4v) is 4.29. The number of Topliss-reactive ketones (excluding diaryl/α,β-unsaturated/α-hetero) is 1. The summed E-state index contributed by atoms with van der Waals surface area (Å²) < 4.78 is 27.6. The summed E-state index contributed by atoms with van der Waals surface area (Å²) in [6.07, 6.45) is 4.61. The van der Waals surface area contributed by atoms with Crippen molar-refractivity contribution in [1.82, 2.24) is 15.0 Å². The minimum Gasteiger partial charge on any atom is -0.385 e. The lowest BCUT2D eigenvalue weighted by Crippen LogP contribution is -2.10. The molecule has 8 heteroatoms. The fraction of sp³-hybridized carbons (Fsp3) is 0.207. The molecule has 4 aromatic rings. The predicted octanol–water partition coefficient (Wildman–Crippen LogP) is 6.37. The third-order valence-corrected chi connectivity index (χ3v) is 6.28. The van der Waals surface area contributed by atoms with E-state index < -0.39 is 17.6 Å². The highest BCUT2D eigenvalue weighted by Crippen LogP contribution is 2.31. The van der Waals surface area contributed by atoms with Gasteiger partial charge in [-0.3, -0.25) is 19.7 Å². The third-order valence-electron chi connectivity index (χ3n) is 6.28. The molecule has 0 saturated heterocycles. The van der Waals surface area contributed by atoms with E-state index >= 15 is 0 Å². The largest absolute Gasteiger partial charge is 0.385 e. The predicted molar refractivity (Wildman–Crippen MR) is 135 cm³/mol. The maximum Gasteiger partial charge on any atom is 0.174 e. The Balaban J connectivity index is 1.46. The van der Waals surface area contributed by atoms with Crippen LogP contribution in [0.3, 0.4) is 0 Å². The van der Waals surface area contributed by atoms with Crippen molar-refractivity contribution in [2.75, 3.05) is 0 Å². The summed E-state index contributed by atoms with van der Waals surface area (Å²) in [6, 6.07) is 15.7. The van der Waals surface area contributed by atoms with Gasteiger partial charge in [-0.15, -0.1) is 0 Å². The second kappa shape index (κ2) is 10.3. The van der Waals surface area contributed by atoms with Crippen molar-refractivity contribution in [2.24, 2.45) is 5.16 Å². The number of benzene rings is 1. The summed E-state index contributed by atoms with van der Waals surface area (Å²) in [5.74, 6) is -2.27. The standard InChI is InChI=1S/C29H24F2N4O2/c1-17-6-7-24(33-15-17)19-10-20(26-14-28(37-35-26)25-5-3-4-8-32-25)12-21(11-19)27(36)9-18(2)29-23(31)13-22(30)16-34-29/h3-8,10-13,15-16,18,28H,9,14H2,1-2H3/t18-,28-/m0/s1. The number of nitrogens with zero attached hydrogens (tertiary/aromatic N) is 4. The van der Waals surface area contributed by atoms with Gasteiger partial charge in [-0.05, 0) is 48.9 Å². The first-order chi connectivity index (χ1) is 17.9. The number of carbonyl (C=O) groups is 1. The number of oxime groups is 1. The topological polar surface area (TPSA) is 77.3 Å². The van der Waals surface area contributed by atoms with Crippen molar-refractivity contribution in [3.8, 4) is 11.3 Å². The Morgan fingerprint density at radius 3 is 2.59 bits per heavy atom. The summed E-state index contributed by atoms with van der Waals surface area (Å²) in [6.45, 7) is 3.65. The number of rotatable bonds is 7. The molecule has 0 unspecified atom stereocenters. The number of aromatic nitrogens is 3. The number of halogens is 2. The monoisotopic (exact) mass is 498 g/mol. The first-order valence-electron chi connectivity index (χ1n) is 11.9. The Hall–Kier alpha value is -4.33. The fourth-order valence-electron chi connectivity index (χ4n) is 4.29. The van der Waals surface area contributed by atoms with Crippen LogP contribution in [-0.2, 0) is 4.84 Å². The summed E-state index contributed by atoms with van der Waals surface area (Å²) in [5, 5.41) is 4.29. The maximum atomic E-state index is 14.3. The first-order valence-corrected chi connectivity index (χ1v) is 11.9. The average molecular weight is 499 g/mol. The smallest absolute Gasteiger partial charge is 0.174 e. The van der Waals surface area contributed by atoms with Gasteiger partial charge in [0.15, 0.2) is 11.9 Å². The van der Waals surface area contributed by atoms with Gasteiger partial charge in [-0.25, -0.2) is 8.78 Å². The molecule has 2 atom stereocenters. The molecule has 0 fully saturated rings. The number of pyridine rings is 3. The van der Waals surface area contributed by atoms with Crippen LogP contribution >= 0.6 is 0 Å². The van der Waals surface area contributed by atoms with Crippen molar-refractivity contribution in [3.05, 3.63) is 113 Å². The molecule has 0 aliphatic carbocycles. The second-order valence-electron chi connectivity index (χ2n) is 9.16. The molecule has 0 amide bonds. The van der Waals surface area contributed by atoms with Crippen LogP contribution in [0.1, 0.15) is 64.7 Å². The normalized spacial score (nSPS) is 15.7. The van der Waals surface area contributed by atoms with Crippen LogP contribution in [-0.4, -0.2) is 26.4 Å². The van der Waals surface area contributed by atoms with Crippen molar-refractivity contribution in [3.63, 3.8) is 0 Å².